The number of nitro groups is 2. The molecular weight excluding hydrogens is 1710 g/mol. The third kappa shape index (κ3) is 24.1. The minimum absolute atomic E-state index is 0. The van der Waals surface area contributed by atoms with Crippen LogP contribution in [0.5, 0.6) is 23.0 Å². The number of anilines is 9. The lowest BCUT2D eigenvalue weighted by Crippen LogP contribution is -2.34. The maximum atomic E-state index is 11.4. The zero-order chi connectivity index (χ0) is 92.9. The Morgan fingerprint density at radius 1 is 0.418 bits per heavy atom. The molecule has 8 aromatic carbocycles. The van der Waals surface area contributed by atoms with Gasteiger partial charge in [-0.05, 0) is 259 Å². The van der Waals surface area contributed by atoms with Gasteiger partial charge in [-0.25, -0.2) is 19.9 Å². The molecular formula is C104H131ClN20O9. The SMILES string of the molecule is C.CCC=O.CCCN(C)c1ccc2nc(NC3CCC3)nc(N3CCC(c4ccccc4OC)CC3)c2c1.COc1ccccc1C1CCN(c2nc(Cl)nc3ccc([N+](=O)[O-])cc23)CC1.COc1ccccc1C1CCN(c2nc(NC3CCC3)nc3ccc(N)cc23)CC1.COc1ccccc1C1CCN(c2nc(NC3CCC3)nc3ccc([N+](=O)[O-])cc23)CC1.NC1CCC1. The van der Waals surface area contributed by atoms with Gasteiger partial charge in [0.1, 0.15) is 52.6 Å². The Kier molecular flexibility index (Phi) is 33.9. The van der Waals surface area contributed by atoms with E-state index >= 15 is 0 Å². The van der Waals surface area contributed by atoms with Crippen LogP contribution in [-0.4, -0.2) is 175 Å². The number of benzene rings is 8. The Labute approximate surface area is 791 Å². The molecule has 30 heteroatoms. The molecule has 8 heterocycles. The summed E-state index contributed by atoms with van der Waals surface area (Å²) < 4.78 is 22.3. The fourth-order valence-corrected chi connectivity index (χ4v) is 18.9. The second-order valence-electron chi connectivity index (χ2n) is 35.8. The van der Waals surface area contributed by atoms with E-state index in [1.54, 1.807) is 46.6 Å². The van der Waals surface area contributed by atoms with Gasteiger partial charge >= 0.3 is 0 Å². The van der Waals surface area contributed by atoms with E-state index in [4.69, 9.17) is 66.9 Å². The lowest BCUT2D eigenvalue weighted by atomic mass is 9.88. The third-order valence-electron chi connectivity index (χ3n) is 27.2. The largest absolute Gasteiger partial charge is 0.496 e. The second-order valence-corrected chi connectivity index (χ2v) is 36.2. The van der Waals surface area contributed by atoms with Crippen LogP contribution in [0, 0.1) is 20.2 Å². The summed E-state index contributed by atoms with van der Waals surface area (Å²) in [5.41, 5.74) is 21.9. The molecule has 0 spiro atoms. The van der Waals surface area contributed by atoms with Crippen molar-refractivity contribution in [2.75, 3.05) is 141 Å². The molecule has 4 aliphatic heterocycles. The number of hydrogen-bond donors (Lipinski definition) is 5. The summed E-state index contributed by atoms with van der Waals surface area (Å²) in [5, 5.41) is 36.8. The van der Waals surface area contributed by atoms with Crippen LogP contribution in [0.1, 0.15) is 208 Å². The first-order valence-corrected chi connectivity index (χ1v) is 47.9. The monoisotopic (exact) mass is 1840 g/mol. The molecule has 12 aromatic rings. The minimum Gasteiger partial charge on any atom is -0.496 e. The number of rotatable bonds is 24. The van der Waals surface area contributed by atoms with Gasteiger partial charge in [0.05, 0.1) is 60.4 Å². The van der Waals surface area contributed by atoms with E-state index in [9.17, 15) is 25.0 Å². The molecule has 4 saturated heterocycles. The van der Waals surface area contributed by atoms with Crippen molar-refractivity contribution < 1.29 is 33.6 Å². The molecule has 4 saturated carbocycles. The van der Waals surface area contributed by atoms with Crippen molar-refractivity contribution in [3.05, 3.63) is 218 Å². The Morgan fingerprint density at radius 2 is 0.709 bits per heavy atom. The summed E-state index contributed by atoms with van der Waals surface area (Å²) in [6.07, 6.45) is 25.5. The van der Waals surface area contributed by atoms with E-state index in [-0.39, 0.29) is 29.0 Å². The lowest BCUT2D eigenvalue weighted by molar-refractivity contribution is -0.384. The Morgan fingerprint density at radius 3 is 1.00 bits per heavy atom. The summed E-state index contributed by atoms with van der Waals surface area (Å²) >= 11 is 6.11. The summed E-state index contributed by atoms with van der Waals surface area (Å²) in [4.78, 5) is 80.3. The number of nitrogens with zero attached hydrogens (tertiary/aromatic N) is 15. The molecule has 0 unspecified atom stereocenters. The van der Waals surface area contributed by atoms with Gasteiger partial charge in [-0.2, -0.15) is 19.9 Å². The number of fused-ring (bicyclic) bond motifs is 4. The first-order valence-electron chi connectivity index (χ1n) is 47.5. The first-order chi connectivity index (χ1) is 64.9. The number of carbonyl (C=O) groups excluding carboxylic acids is 1. The summed E-state index contributed by atoms with van der Waals surface area (Å²) in [5.74, 6) is 11.3. The predicted molar refractivity (Wildman–Crippen MR) is 542 cm³/mol. The average Bonchev–Trinajstić information content (AvgIpc) is 0.781. The Balaban J connectivity index is 0.000000139. The number of nitrogens with two attached hydrogens (primary N) is 2. The van der Waals surface area contributed by atoms with Gasteiger partial charge < -0.3 is 75.7 Å². The Hall–Kier alpha value is -12.8. The minimum atomic E-state index is -0.411. The van der Waals surface area contributed by atoms with Crippen LogP contribution < -0.4 is 70.9 Å². The third-order valence-corrected chi connectivity index (χ3v) is 27.4. The molecule has 134 heavy (non-hydrogen) atoms. The van der Waals surface area contributed by atoms with Crippen molar-refractivity contribution in [3.8, 4) is 23.0 Å². The number of piperidine rings is 4. The molecule has 8 fully saturated rings. The maximum Gasteiger partial charge on any atom is 0.270 e. The first kappa shape index (κ1) is 97.3. The number of nitrogen functional groups attached to an aromatic ring is 1. The standard InChI is InChI=1S/C28H37N5O.C24H27N5O3.C24H29N5O.C20H19ClN4O3.C4H9N.C3H6O.CH4/c1-4-16-32(2)22-12-13-25-24(19-22)27(31-28(30-25)29-21-8-7-9-21)33-17-14-20(15-18-33)23-10-5-6-11-26(23)34-3;1-32-22-8-3-2-7-19(22)16-11-13-28(14-12-16)23-20-15-18(29(30)31)9-10-21(20)26-24(27-23)25-17-5-4-6-17;1-30-22-8-3-2-7-19(22)16-11-13-29(14-12-16)23-20-15-17(25)9-10-21(20)27-24(28-23)26-18-5-4-6-18;1-28-18-5-3-2-4-15(18)13-8-10-24(11-9-13)19-16-12-14(25(26)27)6-7-17(16)22-20(21)23-19;5-4-2-1-3-4;1-2-3-4;/h5-6,10-13,19-21H,4,7-9,14-18H2,1-3H3,(H,29,30,31);2-3,7-10,15-17H,4-6,11-14H2,1H3,(H,25,26,27);2-3,7-10,15-16,18H,4-6,11-14,25H2,1H3,(H,26,27,28);2-7,12-13H,8-11H2,1H3;4H,1-3,5H2;3H,2H2,1H3;1H4. The van der Waals surface area contributed by atoms with Crippen LogP contribution in [0.2, 0.25) is 5.28 Å². The number of methoxy groups -OCH3 is 4. The fourth-order valence-electron chi connectivity index (χ4n) is 18.8. The second kappa shape index (κ2) is 46.7. The summed E-state index contributed by atoms with van der Waals surface area (Å²) in [6.45, 7) is 12.1. The molecule has 4 aliphatic carbocycles. The predicted octanol–water partition coefficient (Wildman–Crippen LogP) is 21.6. The van der Waals surface area contributed by atoms with Crippen molar-refractivity contribution in [3.63, 3.8) is 0 Å². The van der Waals surface area contributed by atoms with Crippen molar-refractivity contribution in [2.24, 2.45) is 5.73 Å². The van der Waals surface area contributed by atoms with Gasteiger partial charge in [0, 0.05) is 154 Å². The number of non-ortho nitro benzene ring substituents is 2. The fraction of sp³-hybridized carbons (Fsp3) is 0.452. The number of para-hydroxylation sites is 4. The van der Waals surface area contributed by atoms with Crippen LogP contribution in [-0.2, 0) is 4.79 Å². The molecule has 7 N–H and O–H groups in total. The highest BCUT2D eigenvalue weighted by Crippen LogP contribution is 2.44. The van der Waals surface area contributed by atoms with E-state index in [2.05, 4.69) is 142 Å². The zero-order valence-corrected chi connectivity index (χ0v) is 78.5. The van der Waals surface area contributed by atoms with Crippen LogP contribution in [0.4, 0.5) is 63.9 Å². The molecule has 0 amide bonds. The van der Waals surface area contributed by atoms with Crippen LogP contribution in [0.25, 0.3) is 43.6 Å². The van der Waals surface area contributed by atoms with Crippen LogP contribution in [0.3, 0.4) is 0 Å². The average molecular weight is 1840 g/mol. The molecule has 20 rings (SSSR count). The molecule has 8 aliphatic rings. The zero-order valence-electron chi connectivity index (χ0n) is 77.7. The van der Waals surface area contributed by atoms with Gasteiger partial charge in [-0.3, -0.25) is 20.2 Å². The normalized spacial score (nSPS) is 16.7. The summed E-state index contributed by atoms with van der Waals surface area (Å²) in [7, 11) is 9.09. The molecule has 708 valence electrons. The van der Waals surface area contributed by atoms with E-state index in [1.807, 2.05) is 67.6 Å². The van der Waals surface area contributed by atoms with Gasteiger partial charge in [0.2, 0.25) is 23.1 Å². The number of aromatic nitrogens is 8. The number of carbonyl (C=O) groups is 1. The topological polar surface area (TPSA) is 348 Å². The molecule has 4 aromatic heterocycles. The van der Waals surface area contributed by atoms with Crippen molar-refractivity contribution in [1.82, 2.24) is 39.9 Å². The highest BCUT2D eigenvalue weighted by Gasteiger charge is 2.33. The number of ether oxygens (including phenoxy) is 4. The van der Waals surface area contributed by atoms with Crippen molar-refractivity contribution >= 4 is 125 Å². The van der Waals surface area contributed by atoms with Gasteiger partial charge in [-0.1, -0.05) is 100 Å². The Bertz CT molecular complexity index is 5930. The van der Waals surface area contributed by atoms with E-state index in [0.717, 1.165) is 227 Å². The van der Waals surface area contributed by atoms with Gasteiger partial charge in [-0.15, -0.1) is 0 Å². The van der Waals surface area contributed by atoms with Gasteiger partial charge in [0.25, 0.3) is 11.4 Å². The van der Waals surface area contributed by atoms with E-state index < -0.39 is 4.92 Å². The number of hydrogen-bond acceptors (Lipinski definition) is 27. The van der Waals surface area contributed by atoms with Crippen LogP contribution in [0.15, 0.2) is 170 Å². The molecule has 0 radical (unpaired) electrons. The number of nitrogens with one attached hydrogen (secondary N) is 3. The van der Waals surface area contributed by atoms with Crippen molar-refractivity contribution in [2.45, 2.75) is 210 Å². The number of aldehydes is 1. The number of halogens is 1. The van der Waals surface area contributed by atoms with Crippen LogP contribution >= 0.6 is 11.6 Å². The van der Waals surface area contributed by atoms with E-state index in [0.29, 0.717) is 76.9 Å². The molecule has 0 bridgehead atoms. The lowest BCUT2D eigenvalue weighted by Gasteiger charge is -2.34. The van der Waals surface area contributed by atoms with Gasteiger partial charge in [0.15, 0.2) is 0 Å². The smallest absolute Gasteiger partial charge is 0.270 e. The molecule has 0 atom stereocenters. The number of nitro benzene ring substituents is 2. The maximum absolute atomic E-state index is 11.4. The highest BCUT2D eigenvalue weighted by atomic mass is 35.5. The summed E-state index contributed by atoms with van der Waals surface area (Å²) in [6, 6.07) is 57.1. The van der Waals surface area contributed by atoms with E-state index in [1.165, 1.54) is 110 Å². The molecule has 29 nitrogen and oxygen atoms in total. The highest BCUT2D eigenvalue weighted by molar-refractivity contribution is 6.29. The van der Waals surface area contributed by atoms with Crippen molar-refractivity contribution in [1.29, 1.82) is 0 Å². The quantitative estimate of drug-likeness (QED) is 0.0123.